The molecule has 0 aromatic heterocycles. The molecular weight excluding hydrogens is 455 g/mol. The summed E-state index contributed by atoms with van der Waals surface area (Å²) >= 11 is 0. The average Bonchev–Trinajstić information content (AvgIpc) is 2.76. The van der Waals surface area contributed by atoms with Gasteiger partial charge in [-0.1, -0.05) is 76.8 Å². The molecule has 1 rings (SSSR count). The predicted octanol–water partition coefficient (Wildman–Crippen LogP) is 2.25. The summed E-state index contributed by atoms with van der Waals surface area (Å²) in [5.74, 6) is -1.74. The minimum atomic E-state index is -4.27. The number of carbonyl (C=O) groups excluding carboxylic acids is 2. The smallest absolute Gasteiger partial charge is 0.748 e. The van der Waals surface area contributed by atoms with Gasteiger partial charge in [0.2, 0.25) is 0 Å². The second kappa shape index (κ2) is 19.4. The Morgan fingerprint density at radius 2 is 1.12 bits per heavy atom. The van der Waals surface area contributed by atoms with Crippen LogP contribution >= 0.6 is 0 Å². The third-order valence-electron chi connectivity index (χ3n) is 5.12. The van der Waals surface area contributed by atoms with Crippen molar-refractivity contribution in [2.45, 2.75) is 84.0 Å². The molecule has 0 N–H and O–H groups in total. The Labute approximate surface area is 221 Å². The third-order valence-corrected chi connectivity index (χ3v) is 5.91. The van der Waals surface area contributed by atoms with Crippen LogP contribution in [0.15, 0.2) is 24.3 Å². The van der Waals surface area contributed by atoms with Crippen LogP contribution in [0.2, 0.25) is 0 Å². The average molecular weight is 493 g/mol. The first-order valence-corrected chi connectivity index (χ1v) is 13.3. The minimum absolute atomic E-state index is 0. The molecule has 182 valence electrons. The maximum Gasteiger partial charge on any atom is 1.00 e. The Kier molecular flexibility index (Phi) is 18.8. The van der Waals surface area contributed by atoms with Crippen molar-refractivity contribution >= 4 is 22.1 Å². The van der Waals surface area contributed by atoms with Crippen molar-refractivity contribution in [1.29, 1.82) is 0 Å². The summed E-state index contributed by atoms with van der Waals surface area (Å²) < 4.78 is 42.1. The number of ether oxygens (including phenoxy) is 2. The molecule has 0 heterocycles. The largest absolute Gasteiger partial charge is 1.00 e. The van der Waals surface area contributed by atoms with Gasteiger partial charge in [-0.25, -0.2) is 18.0 Å². The van der Waals surface area contributed by atoms with Crippen molar-refractivity contribution < 1.29 is 61.6 Å². The predicted molar refractivity (Wildman–Crippen MR) is 123 cm³/mol. The van der Waals surface area contributed by atoms with E-state index in [0.717, 1.165) is 19.3 Å². The number of hydrogen-bond acceptors (Lipinski definition) is 7. The Balaban J connectivity index is 0.0000102. The Hall–Kier alpha value is -0.930. The van der Waals surface area contributed by atoms with Gasteiger partial charge in [-0.15, -0.1) is 0 Å². The molecule has 0 unspecified atom stereocenters. The fourth-order valence-electron chi connectivity index (χ4n) is 3.29. The molecule has 0 aliphatic rings. The summed E-state index contributed by atoms with van der Waals surface area (Å²) in [6, 6.07) is 6.27. The van der Waals surface area contributed by atoms with Crippen molar-refractivity contribution in [2.75, 3.05) is 19.0 Å². The fourth-order valence-corrected chi connectivity index (χ4v) is 3.85. The molecule has 0 aliphatic carbocycles. The first kappa shape index (κ1) is 32.1. The van der Waals surface area contributed by atoms with Crippen molar-refractivity contribution in [1.82, 2.24) is 0 Å². The van der Waals surface area contributed by atoms with Crippen LogP contribution in [0.1, 0.15) is 105 Å². The van der Waals surface area contributed by atoms with E-state index in [-0.39, 0.29) is 60.1 Å². The summed E-state index contributed by atoms with van der Waals surface area (Å²) in [7, 11) is -4.27. The Morgan fingerprint density at radius 1 is 0.727 bits per heavy atom. The molecule has 7 nitrogen and oxygen atoms in total. The van der Waals surface area contributed by atoms with Gasteiger partial charge in [0.1, 0.15) is 0 Å². The van der Waals surface area contributed by atoms with Gasteiger partial charge in [-0.05, 0) is 31.4 Å². The monoisotopic (exact) mass is 492 g/mol. The number of carbonyl (C=O) groups is 2. The van der Waals surface area contributed by atoms with Gasteiger partial charge in [0.05, 0.1) is 34.5 Å². The first-order chi connectivity index (χ1) is 15.3. The zero-order chi connectivity index (χ0) is 23.7. The summed E-state index contributed by atoms with van der Waals surface area (Å²) in [6.45, 7) is 2.49. The van der Waals surface area contributed by atoms with E-state index in [1.165, 1.54) is 57.1 Å². The van der Waals surface area contributed by atoms with Gasteiger partial charge in [-0.3, -0.25) is 0 Å². The van der Waals surface area contributed by atoms with Crippen LogP contribution in [0.25, 0.3) is 0 Å². The molecule has 0 bridgehead atoms. The zero-order valence-corrected chi connectivity index (χ0v) is 23.0. The van der Waals surface area contributed by atoms with Crippen molar-refractivity contribution in [2.24, 2.45) is 0 Å². The Morgan fingerprint density at radius 3 is 1.55 bits per heavy atom. The van der Waals surface area contributed by atoms with Crippen LogP contribution in [-0.4, -0.2) is 43.9 Å². The fraction of sp³-hybridized carbons (Fsp3) is 0.667. The quantitative estimate of drug-likeness (QED) is 0.134. The molecule has 1 aromatic carbocycles. The standard InChI is InChI=1S/C24H38O7S.Na/c1-2-3-4-5-6-7-8-9-10-13-18-30-23(25)21-16-11-12-17-22(21)24(26)31-19-14-15-20-32(27,28)29;/h11-12,16-17H,2-10,13-15,18-20H2,1H3,(H,27,28,29);/q;+1/p-1. The van der Waals surface area contributed by atoms with Crippen molar-refractivity contribution in [3.63, 3.8) is 0 Å². The van der Waals surface area contributed by atoms with Gasteiger partial charge in [0.25, 0.3) is 0 Å². The third kappa shape index (κ3) is 16.4. The molecule has 1 aromatic rings. The molecule has 9 heteroatoms. The maximum atomic E-state index is 12.4. The van der Waals surface area contributed by atoms with Crippen LogP contribution in [0.4, 0.5) is 0 Å². The van der Waals surface area contributed by atoms with Gasteiger partial charge in [0, 0.05) is 5.75 Å². The second-order valence-corrected chi connectivity index (χ2v) is 9.49. The Bertz CT molecular complexity index is 781. The van der Waals surface area contributed by atoms with Gasteiger partial charge in [0.15, 0.2) is 0 Å². The first-order valence-electron chi connectivity index (χ1n) is 11.7. The van der Waals surface area contributed by atoms with E-state index in [1.54, 1.807) is 12.1 Å². The molecule has 0 saturated carbocycles. The SMILES string of the molecule is CCCCCCCCCCCCOC(=O)c1ccccc1C(=O)OCCCCS(=O)(=O)[O-].[Na+]. The van der Waals surface area contributed by atoms with Gasteiger partial charge in [-0.2, -0.15) is 0 Å². The van der Waals surface area contributed by atoms with E-state index in [0.29, 0.717) is 6.61 Å². The molecule has 0 saturated heterocycles. The summed E-state index contributed by atoms with van der Waals surface area (Å²) in [5.41, 5.74) is 0.253. The summed E-state index contributed by atoms with van der Waals surface area (Å²) in [4.78, 5) is 24.7. The van der Waals surface area contributed by atoms with E-state index in [1.807, 2.05) is 0 Å². The minimum Gasteiger partial charge on any atom is -0.748 e. The van der Waals surface area contributed by atoms with Crippen LogP contribution in [0.5, 0.6) is 0 Å². The van der Waals surface area contributed by atoms with Crippen LogP contribution in [0, 0.1) is 0 Å². The molecule has 0 aliphatic heterocycles. The van der Waals surface area contributed by atoms with Crippen LogP contribution in [-0.2, 0) is 19.6 Å². The molecule has 0 spiro atoms. The number of benzene rings is 1. The van der Waals surface area contributed by atoms with E-state index in [2.05, 4.69) is 6.92 Å². The topological polar surface area (TPSA) is 110 Å². The van der Waals surface area contributed by atoms with Crippen LogP contribution in [0.3, 0.4) is 0 Å². The summed E-state index contributed by atoms with van der Waals surface area (Å²) in [6.07, 6.45) is 12.3. The van der Waals surface area contributed by atoms with Gasteiger partial charge < -0.3 is 14.0 Å². The van der Waals surface area contributed by atoms with E-state index < -0.39 is 27.8 Å². The molecule has 0 fully saturated rings. The number of esters is 2. The number of hydrogen-bond donors (Lipinski definition) is 0. The van der Waals surface area contributed by atoms with Crippen molar-refractivity contribution in [3.05, 3.63) is 35.4 Å². The molecule has 0 atom stereocenters. The molecular formula is C24H37NaO7S. The van der Waals surface area contributed by atoms with Crippen molar-refractivity contribution in [3.8, 4) is 0 Å². The second-order valence-electron chi connectivity index (χ2n) is 7.97. The van der Waals surface area contributed by atoms with Crippen LogP contribution < -0.4 is 29.6 Å². The molecule has 0 amide bonds. The normalized spacial score (nSPS) is 11.0. The number of rotatable bonds is 18. The maximum absolute atomic E-state index is 12.4. The molecule has 33 heavy (non-hydrogen) atoms. The van der Waals surface area contributed by atoms with E-state index >= 15 is 0 Å². The van der Waals surface area contributed by atoms with E-state index in [4.69, 9.17) is 9.47 Å². The summed E-state index contributed by atoms with van der Waals surface area (Å²) in [5, 5.41) is 0. The van der Waals surface area contributed by atoms with Gasteiger partial charge >= 0.3 is 41.5 Å². The van der Waals surface area contributed by atoms with E-state index in [9.17, 15) is 22.6 Å². The molecule has 0 radical (unpaired) electrons. The zero-order valence-electron chi connectivity index (χ0n) is 20.2. The number of unbranched alkanes of at least 4 members (excludes halogenated alkanes) is 10.